The summed E-state index contributed by atoms with van der Waals surface area (Å²) in [7, 11) is 0. The van der Waals surface area contributed by atoms with E-state index in [2.05, 4.69) is 37.8 Å². The Morgan fingerprint density at radius 1 is 1.31 bits per heavy atom. The molecule has 0 atom stereocenters. The zero-order chi connectivity index (χ0) is 12.0. The van der Waals surface area contributed by atoms with Crippen molar-refractivity contribution in [3.05, 3.63) is 26.6 Å². The Kier molecular flexibility index (Phi) is 5.89. The molecule has 0 saturated carbocycles. The zero-order valence-electron chi connectivity index (χ0n) is 8.80. The number of hydrogen-bond acceptors (Lipinski definition) is 2. The van der Waals surface area contributed by atoms with Crippen LogP contribution in [-0.2, 0) is 6.54 Å². The maximum atomic E-state index is 5.64. The van der Waals surface area contributed by atoms with Crippen molar-refractivity contribution in [1.82, 2.24) is 0 Å². The van der Waals surface area contributed by atoms with Crippen LogP contribution in [0.1, 0.15) is 18.4 Å². The van der Waals surface area contributed by atoms with Crippen LogP contribution in [-0.4, -0.2) is 6.61 Å². The second-order valence-electron chi connectivity index (χ2n) is 3.25. The lowest BCUT2D eigenvalue weighted by Gasteiger charge is -2.11. The minimum Gasteiger partial charge on any atom is -0.491 e. The van der Waals surface area contributed by atoms with E-state index in [1.54, 1.807) is 0 Å². The molecule has 4 heteroatoms. The lowest BCUT2D eigenvalue weighted by atomic mass is 10.2. The molecule has 0 heterocycles. The van der Waals surface area contributed by atoms with Crippen molar-refractivity contribution < 1.29 is 4.74 Å². The van der Waals surface area contributed by atoms with Gasteiger partial charge in [0, 0.05) is 13.0 Å². The molecule has 0 saturated heterocycles. The Labute approximate surface area is 113 Å². The average Bonchev–Trinajstić information content (AvgIpc) is 2.26. The molecule has 1 aromatic carbocycles. The number of hydrogen-bond donors (Lipinski definition) is 1. The van der Waals surface area contributed by atoms with Crippen LogP contribution in [0.3, 0.4) is 0 Å². The highest BCUT2D eigenvalue weighted by atomic mass is 79.9. The molecule has 1 rings (SSSR count). The maximum Gasteiger partial charge on any atom is 0.147 e. The Bertz CT molecular complexity index is 375. The van der Waals surface area contributed by atoms with Crippen LogP contribution in [0.4, 0.5) is 0 Å². The SMILES string of the molecule is C#CCCCOc1c(Br)cc(CN)cc1Br. The largest absolute Gasteiger partial charge is 0.491 e. The standard InChI is InChI=1S/C12H13Br2NO/c1-2-3-4-5-16-12-10(13)6-9(8-15)7-11(12)14/h1,6-7H,3-5,8,15H2. The summed E-state index contributed by atoms with van der Waals surface area (Å²) in [5, 5.41) is 0. The summed E-state index contributed by atoms with van der Waals surface area (Å²) in [5.41, 5.74) is 6.62. The number of nitrogens with two attached hydrogens (primary N) is 1. The first-order chi connectivity index (χ1) is 7.69. The predicted octanol–water partition coefficient (Wildman–Crippen LogP) is 3.46. The average molecular weight is 347 g/mol. The number of rotatable bonds is 5. The second-order valence-corrected chi connectivity index (χ2v) is 4.96. The zero-order valence-corrected chi connectivity index (χ0v) is 12.0. The van der Waals surface area contributed by atoms with E-state index >= 15 is 0 Å². The molecule has 2 nitrogen and oxygen atoms in total. The molecule has 1 aromatic rings. The van der Waals surface area contributed by atoms with E-state index in [1.807, 2.05) is 12.1 Å². The summed E-state index contributed by atoms with van der Waals surface area (Å²) in [6.45, 7) is 1.12. The van der Waals surface area contributed by atoms with E-state index in [0.717, 1.165) is 33.1 Å². The molecule has 86 valence electrons. The van der Waals surface area contributed by atoms with Gasteiger partial charge in [-0.15, -0.1) is 12.3 Å². The van der Waals surface area contributed by atoms with Gasteiger partial charge in [-0.2, -0.15) is 0 Å². The number of ether oxygens (including phenoxy) is 1. The predicted molar refractivity (Wildman–Crippen MR) is 73.3 cm³/mol. The van der Waals surface area contributed by atoms with Crippen molar-refractivity contribution in [1.29, 1.82) is 0 Å². The van der Waals surface area contributed by atoms with E-state index in [4.69, 9.17) is 16.9 Å². The van der Waals surface area contributed by atoms with Crippen molar-refractivity contribution in [2.45, 2.75) is 19.4 Å². The third-order valence-corrected chi connectivity index (χ3v) is 3.18. The minimum atomic E-state index is 0.509. The third-order valence-electron chi connectivity index (χ3n) is 2.01. The summed E-state index contributed by atoms with van der Waals surface area (Å²) in [4.78, 5) is 0. The van der Waals surface area contributed by atoms with Crippen LogP contribution >= 0.6 is 31.9 Å². The van der Waals surface area contributed by atoms with Crippen LogP contribution in [0.25, 0.3) is 0 Å². The molecule has 0 aromatic heterocycles. The Balaban J connectivity index is 2.69. The van der Waals surface area contributed by atoms with Gasteiger partial charge >= 0.3 is 0 Å². The van der Waals surface area contributed by atoms with Gasteiger partial charge in [0.05, 0.1) is 15.6 Å². The molecule has 0 amide bonds. The molecule has 0 bridgehead atoms. The van der Waals surface area contributed by atoms with Crippen LogP contribution in [0, 0.1) is 12.3 Å². The van der Waals surface area contributed by atoms with E-state index in [-0.39, 0.29) is 0 Å². The van der Waals surface area contributed by atoms with Crippen molar-refractivity contribution >= 4 is 31.9 Å². The summed E-state index contributed by atoms with van der Waals surface area (Å²) in [6.07, 6.45) is 6.76. The molecule has 0 aliphatic carbocycles. The summed E-state index contributed by atoms with van der Waals surface area (Å²) < 4.78 is 7.45. The second kappa shape index (κ2) is 6.95. The first-order valence-electron chi connectivity index (χ1n) is 4.93. The lowest BCUT2D eigenvalue weighted by molar-refractivity contribution is 0.309. The molecular weight excluding hydrogens is 334 g/mol. The highest BCUT2D eigenvalue weighted by molar-refractivity contribution is 9.11. The minimum absolute atomic E-state index is 0.509. The van der Waals surface area contributed by atoms with Gasteiger partial charge in [-0.3, -0.25) is 0 Å². The summed E-state index contributed by atoms with van der Waals surface area (Å²) >= 11 is 6.91. The number of benzene rings is 1. The first-order valence-corrected chi connectivity index (χ1v) is 6.52. The van der Waals surface area contributed by atoms with Gasteiger partial charge in [0.15, 0.2) is 0 Å². The number of unbranched alkanes of at least 4 members (excludes halogenated alkanes) is 1. The molecule has 0 spiro atoms. The van der Waals surface area contributed by atoms with Crippen molar-refractivity contribution in [2.75, 3.05) is 6.61 Å². The quantitative estimate of drug-likeness (QED) is 0.654. The van der Waals surface area contributed by atoms with Gasteiger partial charge in [-0.1, -0.05) is 0 Å². The number of terminal acetylenes is 1. The van der Waals surface area contributed by atoms with Crippen LogP contribution in [0.5, 0.6) is 5.75 Å². The monoisotopic (exact) mass is 345 g/mol. The molecule has 0 aliphatic rings. The molecule has 16 heavy (non-hydrogen) atoms. The molecule has 0 aliphatic heterocycles. The van der Waals surface area contributed by atoms with Gasteiger partial charge in [0.25, 0.3) is 0 Å². The van der Waals surface area contributed by atoms with E-state index in [1.165, 1.54) is 0 Å². The van der Waals surface area contributed by atoms with E-state index < -0.39 is 0 Å². The Morgan fingerprint density at radius 2 is 1.94 bits per heavy atom. The number of halogens is 2. The first kappa shape index (κ1) is 13.6. The Morgan fingerprint density at radius 3 is 2.44 bits per heavy atom. The van der Waals surface area contributed by atoms with Crippen molar-refractivity contribution in [3.8, 4) is 18.1 Å². The smallest absolute Gasteiger partial charge is 0.147 e. The topological polar surface area (TPSA) is 35.2 Å². The van der Waals surface area contributed by atoms with Crippen molar-refractivity contribution in [2.24, 2.45) is 5.73 Å². The Hall–Kier alpha value is -0.500. The van der Waals surface area contributed by atoms with Gasteiger partial charge in [-0.25, -0.2) is 0 Å². The maximum absolute atomic E-state index is 5.64. The third kappa shape index (κ3) is 3.82. The molecular formula is C12H13Br2NO. The van der Waals surface area contributed by atoms with E-state index in [9.17, 15) is 0 Å². The fourth-order valence-electron chi connectivity index (χ4n) is 1.22. The van der Waals surface area contributed by atoms with Crippen LogP contribution < -0.4 is 10.5 Å². The molecule has 0 unspecified atom stereocenters. The highest BCUT2D eigenvalue weighted by Gasteiger charge is 2.08. The summed E-state index contributed by atoms with van der Waals surface area (Å²) in [6, 6.07) is 3.92. The van der Waals surface area contributed by atoms with Crippen molar-refractivity contribution in [3.63, 3.8) is 0 Å². The van der Waals surface area contributed by atoms with Gasteiger partial charge in [0.1, 0.15) is 5.75 Å². The molecule has 0 radical (unpaired) electrons. The fraction of sp³-hybridized carbons (Fsp3) is 0.333. The van der Waals surface area contributed by atoms with Gasteiger partial charge < -0.3 is 10.5 Å². The lowest BCUT2D eigenvalue weighted by Crippen LogP contribution is -2.01. The molecule has 0 fully saturated rings. The summed E-state index contributed by atoms with van der Waals surface area (Å²) in [5.74, 6) is 3.38. The highest BCUT2D eigenvalue weighted by Crippen LogP contribution is 2.34. The van der Waals surface area contributed by atoms with Crippen LogP contribution in [0.2, 0.25) is 0 Å². The normalized spacial score (nSPS) is 9.88. The molecule has 2 N–H and O–H groups in total. The fourth-order valence-corrected chi connectivity index (χ4v) is 2.73. The van der Waals surface area contributed by atoms with Gasteiger partial charge in [0.2, 0.25) is 0 Å². The van der Waals surface area contributed by atoms with Gasteiger partial charge in [-0.05, 0) is 56.0 Å². The van der Waals surface area contributed by atoms with E-state index in [0.29, 0.717) is 13.2 Å². The van der Waals surface area contributed by atoms with Crippen LogP contribution in [0.15, 0.2) is 21.1 Å².